The third-order valence-electron chi connectivity index (χ3n) is 7.70. The highest BCUT2D eigenvalue weighted by atomic mass is 16.5. The fourth-order valence-electron chi connectivity index (χ4n) is 6.12. The highest BCUT2D eigenvalue weighted by Crippen LogP contribution is 2.57. The van der Waals surface area contributed by atoms with Crippen LogP contribution in [0.1, 0.15) is 13.3 Å². The number of anilines is 1. The van der Waals surface area contributed by atoms with Gasteiger partial charge in [-0.15, -0.1) is 0 Å². The van der Waals surface area contributed by atoms with Gasteiger partial charge in [-0.2, -0.15) is 0 Å². The van der Waals surface area contributed by atoms with Crippen molar-refractivity contribution < 1.29 is 29.0 Å². The highest BCUT2D eigenvalue weighted by molar-refractivity contribution is 6.06. The molecule has 2 saturated heterocycles. The molecule has 1 N–H and O–H groups in total. The van der Waals surface area contributed by atoms with Gasteiger partial charge in [0.1, 0.15) is 17.4 Å². The second-order valence-electron chi connectivity index (χ2n) is 9.78. The minimum absolute atomic E-state index is 0.118. The smallest absolute Gasteiger partial charge is 0.253 e. The van der Waals surface area contributed by atoms with E-state index < -0.39 is 29.1 Å². The summed E-state index contributed by atoms with van der Waals surface area (Å²) in [6.45, 7) is 2.63. The van der Waals surface area contributed by atoms with E-state index in [1.54, 1.807) is 48.2 Å². The standard InChI is InChI=1S/C26H31N3O6/c1-25-11-4-13-27(2)22(31)19(25)20-23(32)29(15-6-16-30)21-24(33)28(14-5-12-26(20,21)35-25)17-7-9-18(34-3)10-8-17/h4-5,7-12,19-21,30H,6,13-16H2,1-3H3/t19-,20+,21?,25+,26+/m1/s1. The normalized spacial score (nSPS) is 34.0. The number of aliphatic hydroxyl groups is 1. The molecule has 2 fully saturated rings. The fraction of sp³-hybridized carbons (Fsp3) is 0.500. The summed E-state index contributed by atoms with van der Waals surface area (Å²) in [7, 11) is 3.29. The van der Waals surface area contributed by atoms with E-state index in [4.69, 9.17) is 9.47 Å². The van der Waals surface area contributed by atoms with Crippen molar-refractivity contribution in [2.45, 2.75) is 30.6 Å². The molecule has 4 aliphatic heterocycles. The molecule has 0 aromatic heterocycles. The molecule has 4 heterocycles. The van der Waals surface area contributed by atoms with Gasteiger partial charge >= 0.3 is 0 Å². The summed E-state index contributed by atoms with van der Waals surface area (Å²) in [5.41, 5.74) is -1.64. The predicted molar refractivity (Wildman–Crippen MR) is 128 cm³/mol. The lowest BCUT2D eigenvalue weighted by Gasteiger charge is -2.37. The average molecular weight is 482 g/mol. The maximum absolute atomic E-state index is 14.2. The second-order valence-corrected chi connectivity index (χ2v) is 9.78. The van der Waals surface area contributed by atoms with E-state index in [-0.39, 0.29) is 30.9 Å². The SMILES string of the molecule is COc1ccc(N2CC=C[C@]34O[C@@]5(C)C=CCN(C)C(=O)[C@H]5[C@H]3C(=O)N(CCCO)C4C2=O)cc1. The van der Waals surface area contributed by atoms with E-state index in [1.807, 2.05) is 31.2 Å². The molecular weight excluding hydrogens is 450 g/mol. The van der Waals surface area contributed by atoms with Crippen molar-refractivity contribution in [1.29, 1.82) is 0 Å². The van der Waals surface area contributed by atoms with E-state index >= 15 is 0 Å². The van der Waals surface area contributed by atoms with E-state index in [0.717, 1.165) is 0 Å². The molecule has 1 spiro atoms. The van der Waals surface area contributed by atoms with Gasteiger partial charge in [0.2, 0.25) is 11.8 Å². The van der Waals surface area contributed by atoms with Crippen LogP contribution in [0.2, 0.25) is 0 Å². The summed E-state index contributed by atoms with van der Waals surface area (Å²) in [6.07, 6.45) is 7.73. The van der Waals surface area contributed by atoms with Gasteiger partial charge in [-0.25, -0.2) is 0 Å². The molecule has 9 nitrogen and oxygen atoms in total. The zero-order valence-electron chi connectivity index (χ0n) is 20.2. The Labute approximate surface area is 204 Å². The minimum atomic E-state index is -1.29. The summed E-state index contributed by atoms with van der Waals surface area (Å²) in [5.74, 6) is -1.67. The first-order valence-corrected chi connectivity index (χ1v) is 11.9. The zero-order chi connectivity index (χ0) is 25.0. The Kier molecular flexibility index (Phi) is 5.72. The number of hydrogen-bond acceptors (Lipinski definition) is 6. The van der Waals surface area contributed by atoms with Gasteiger partial charge in [-0.05, 0) is 37.6 Å². The number of amides is 3. The molecule has 0 aliphatic carbocycles. The van der Waals surface area contributed by atoms with E-state index in [2.05, 4.69) is 0 Å². The van der Waals surface area contributed by atoms with Crippen molar-refractivity contribution in [3.8, 4) is 5.75 Å². The van der Waals surface area contributed by atoms with Crippen LogP contribution in [0.25, 0.3) is 0 Å². The maximum atomic E-state index is 14.2. The summed E-state index contributed by atoms with van der Waals surface area (Å²) >= 11 is 0. The second kappa shape index (κ2) is 8.49. The van der Waals surface area contributed by atoms with Crippen molar-refractivity contribution in [3.63, 3.8) is 0 Å². The van der Waals surface area contributed by atoms with Crippen molar-refractivity contribution in [3.05, 3.63) is 48.6 Å². The number of rotatable bonds is 5. The molecule has 186 valence electrons. The molecule has 4 aliphatic rings. The molecule has 9 heteroatoms. The number of likely N-dealkylation sites (tertiary alicyclic amines) is 1. The lowest BCUT2D eigenvalue weighted by molar-refractivity contribution is -0.148. The molecule has 1 aromatic rings. The van der Waals surface area contributed by atoms with Crippen molar-refractivity contribution in [2.75, 3.05) is 45.3 Å². The number of aliphatic hydroxyl groups excluding tert-OH is 1. The largest absolute Gasteiger partial charge is 0.497 e. The number of ether oxygens (including phenoxy) is 2. The maximum Gasteiger partial charge on any atom is 0.253 e. The van der Waals surface area contributed by atoms with Gasteiger partial charge in [0.25, 0.3) is 5.91 Å². The molecule has 35 heavy (non-hydrogen) atoms. The van der Waals surface area contributed by atoms with Crippen LogP contribution in [0.4, 0.5) is 5.69 Å². The van der Waals surface area contributed by atoms with Gasteiger partial charge in [0, 0.05) is 39.0 Å². The monoisotopic (exact) mass is 481 g/mol. The summed E-state index contributed by atoms with van der Waals surface area (Å²) < 4.78 is 12.0. The molecule has 5 atom stereocenters. The lowest BCUT2D eigenvalue weighted by Crippen LogP contribution is -2.56. The fourth-order valence-corrected chi connectivity index (χ4v) is 6.12. The van der Waals surface area contributed by atoms with Crippen LogP contribution >= 0.6 is 0 Å². The molecular formula is C26H31N3O6. The number of hydrogen-bond donors (Lipinski definition) is 1. The van der Waals surface area contributed by atoms with Gasteiger partial charge in [-0.1, -0.05) is 24.3 Å². The number of fused-ring (bicyclic) bond motifs is 2. The Morgan fingerprint density at radius 2 is 1.74 bits per heavy atom. The van der Waals surface area contributed by atoms with Crippen LogP contribution in [-0.2, 0) is 19.1 Å². The van der Waals surface area contributed by atoms with Crippen LogP contribution < -0.4 is 9.64 Å². The molecule has 5 rings (SSSR count). The Balaban J connectivity index is 1.62. The van der Waals surface area contributed by atoms with E-state index in [1.165, 1.54) is 4.90 Å². The molecule has 0 bridgehead atoms. The number of benzene rings is 1. The van der Waals surface area contributed by atoms with Gasteiger partial charge in [-0.3, -0.25) is 14.4 Å². The topological polar surface area (TPSA) is 99.6 Å². The highest BCUT2D eigenvalue weighted by Gasteiger charge is 2.74. The van der Waals surface area contributed by atoms with Crippen LogP contribution in [0.5, 0.6) is 5.75 Å². The Hall–Kier alpha value is -3.17. The molecule has 0 saturated carbocycles. The van der Waals surface area contributed by atoms with Gasteiger partial charge in [0.05, 0.1) is 24.5 Å². The van der Waals surface area contributed by atoms with Crippen molar-refractivity contribution in [1.82, 2.24) is 9.80 Å². The molecule has 1 unspecified atom stereocenters. The average Bonchev–Trinajstić information content (AvgIpc) is 3.12. The summed E-state index contributed by atoms with van der Waals surface area (Å²) in [6, 6.07) is 6.21. The summed E-state index contributed by atoms with van der Waals surface area (Å²) in [5, 5.41) is 9.49. The number of nitrogens with zero attached hydrogens (tertiary/aromatic N) is 3. The van der Waals surface area contributed by atoms with Crippen LogP contribution in [-0.4, -0.2) is 90.3 Å². The number of carbonyl (C=O) groups excluding carboxylic acids is 3. The summed E-state index contributed by atoms with van der Waals surface area (Å²) in [4.78, 5) is 46.3. The van der Waals surface area contributed by atoms with Crippen molar-refractivity contribution in [2.24, 2.45) is 11.8 Å². The van der Waals surface area contributed by atoms with E-state index in [9.17, 15) is 19.5 Å². The number of carbonyl (C=O) groups is 3. The van der Waals surface area contributed by atoms with Crippen molar-refractivity contribution >= 4 is 23.4 Å². The first-order chi connectivity index (χ1) is 16.8. The third-order valence-corrected chi connectivity index (χ3v) is 7.70. The van der Waals surface area contributed by atoms with Crippen LogP contribution in [0.3, 0.4) is 0 Å². The third kappa shape index (κ3) is 3.40. The quantitative estimate of drug-likeness (QED) is 0.630. The van der Waals surface area contributed by atoms with Crippen LogP contribution in [0.15, 0.2) is 48.6 Å². The first kappa shape index (κ1) is 23.6. The molecule has 0 radical (unpaired) electrons. The van der Waals surface area contributed by atoms with Gasteiger partial charge in [0.15, 0.2) is 0 Å². The minimum Gasteiger partial charge on any atom is -0.497 e. The predicted octanol–water partition coefficient (Wildman–Crippen LogP) is 0.980. The zero-order valence-corrected chi connectivity index (χ0v) is 20.2. The van der Waals surface area contributed by atoms with Gasteiger partial charge < -0.3 is 29.3 Å². The molecule has 3 amide bonds. The number of methoxy groups -OCH3 is 1. The van der Waals surface area contributed by atoms with E-state index in [0.29, 0.717) is 30.9 Å². The Bertz CT molecular complexity index is 1100. The van der Waals surface area contributed by atoms with Crippen LogP contribution in [0, 0.1) is 11.8 Å². The Morgan fingerprint density at radius 3 is 2.43 bits per heavy atom. The Morgan fingerprint density at radius 1 is 1.03 bits per heavy atom. The lowest BCUT2D eigenvalue weighted by atomic mass is 9.74. The first-order valence-electron chi connectivity index (χ1n) is 11.9. The molecule has 1 aromatic carbocycles. The number of likely N-dealkylation sites (N-methyl/N-ethyl adjacent to an activating group) is 1.